The summed E-state index contributed by atoms with van der Waals surface area (Å²) in [7, 11) is 0. The molecular formula is C25H31N3O. The number of anilines is 1. The molecular weight excluding hydrogens is 358 g/mol. The molecule has 29 heavy (non-hydrogen) atoms. The van der Waals surface area contributed by atoms with Crippen molar-refractivity contribution in [2.75, 3.05) is 24.7 Å². The molecule has 4 heteroatoms. The summed E-state index contributed by atoms with van der Waals surface area (Å²) in [5.74, 6) is 0.210. The van der Waals surface area contributed by atoms with E-state index < -0.39 is 0 Å². The first-order valence-electron chi connectivity index (χ1n) is 11.0. The Morgan fingerprint density at radius 2 is 1.66 bits per heavy atom. The van der Waals surface area contributed by atoms with E-state index in [9.17, 15) is 4.79 Å². The molecule has 2 heterocycles. The van der Waals surface area contributed by atoms with Gasteiger partial charge in [-0.3, -0.25) is 9.69 Å². The van der Waals surface area contributed by atoms with Crippen LogP contribution in [-0.2, 0) is 17.6 Å². The van der Waals surface area contributed by atoms with E-state index in [1.165, 1.54) is 24.0 Å². The van der Waals surface area contributed by atoms with Gasteiger partial charge < -0.3 is 10.2 Å². The Bertz CT molecular complexity index is 915. The molecule has 0 saturated carbocycles. The van der Waals surface area contributed by atoms with Crippen molar-refractivity contribution in [2.45, 2.75) is 57.5 Å². The highest BCUT2D eigenvalue weighted by Gasteiger charge is 2.50. The van der Waals surface area contributed by atoms with Crippen molar-refractivity contribution in [3.63, 3.8) is 0 Å². The molecule has 3 aliphatic rings. The van der Waals surface area contributed by atoms with Gasteiger partial charge in [0, 0.05) is 24.8 Å². The molecule has 1 aliphatic carbocycles. The molecule has 0 aromatic heterocycles. The minimum Gasteiger partial charge on any atom is -0.339 e. The van der Waals surface area contributed by atoms with Crippen LogP contribution < -0.4 is 10.2 Å². The summed E-state index contributed by atoms with van der Waals surface area (Å²) < 4.78 is 0. The summed E-state index contributed by atoms with van der Waals surface area (Å²) in [4.78, 5) is 17.9. The first-order chi connectivity index (χ1) is 14.1. The fourth-order valence-electron chi connectivity index (χ4n) is 5.81. The number of rotatable bonds is 2. The molecule has 1 unspecified atom stereocenters. The first kappa shape index (κ1) is 18.7. The molecule has 0 bridgehead atoms. The van der Waals surface area contributed by atoms with Gasteiger partial charge in [-0.1, -0.05) is 30.3 Å². The van der Waals surface area contributed by atoms with Crippen molar-refractivity contribution in [1.29, 1.82) is 0 Å². The van der Waals surface area contributed by atoms with Gasteiger partial charge in [0.2, 0.25) is 5.91 Å². The van der Waals surface area contributed by atoms with E-state index in [0.29, 0.717) is 12.7 Å². The van der Waals surface area contributed by atoms with E-state index >= 15 is 0 Å². The van der Waals surface area contributed by atoms with Crippen LogP contribution in [0.25, 0.3) is 0 Å². The van der Waals surface area contributed by atoms with Gasteiger partial charge in [0.1, 0.15) is 5.54 Å². The van der Waals surface area contributed by atoms with Gasteiger partial charge in [0.05, 0.1) is 6.67 Å². The van der Waals surface area contributed by atoms with Crippen LogP contribution in [0.1, 0.15) is 41.5 Å². The maximum absolute atomic E-state index is 12.9. The molecule has 152 valence electrons. The lowest BCUT2D eigenvalue weighted by Crippen LogP contribution is -2.58. The number of aryl methyl sites for hydroxylation is 2. The SMILES string of the molecule is Cc1ccc(C)c2c1CCC(N1CCC3(CC1)C(=O)NCN3c1ccccc1)C2. The van der Waals surface area contributed by atoms with Crippen molar-refractivity contribution in [1.82, 2.24) is 10.2 Å². The van der Waals surface area contributed by atoms with E-state index in [-0.39, 0.29) is 11.4 Å². The molecule has 1 amide bonds. The number of piperidine rings is 1. The second kappa shape index (κ2) is 7.17. The topological polar surface area (TPSA) is 35.6 Å². The molecule has 2 fully saturated rings. The minimum atomic E-state index is -0.378. The zero-order valence-corrected chi connectivity index (χ0v) is 17.6. The molecule has 2 aromatic rings. The van der Waals surface area contributed by atoms with Crippen LogP contribution in [0.4, 0.5) is 5.69 Å². The van der Waals surface area contributed by atoms with Gasteiger partial charge in [0.15, 0.2) is 0 Å². The third kappa shape index (κ3) is 3.05. The molecule has 2 aliphatic heterocycles. The lowest BCUT2D eigenvalue weighted by atomic mass is 9.80. The van der Waals surface area contributed by atoms with E-state index in [2.05, 4.69) is 65.4 Å². The predicted molar refractivity (Wildman–Crippen MR) is 117 cm³/mol. The lowest BCUT2D eigenvalue weighted by molar-refractivity contribution is -0.125. The van der Waals surface area contributed by atoms with Gasteiger partial charge in [-0.05, 0) is 80.3 Å². The number of hydrogen-bond donors (Lipinski definition) is 1. The smallest absolute Gasteiger partial charge is 0.247 e. The Balaban J connectivity index is 1.33. The Hall–Kier alpha value is -2.33. The monoisotopic (exact) mass is 389 g/mol. The second-order valence-corrected chi connectivity index (χ2v) is 9.05. The summed E-state index contributed by atoms with van der Waals surface area (Å²) in [6, 6.07) is 15.6. The highest BCUT2D eigenvalue weighted by atomic mass is 16.2. The average Bonchev–Trinajstić information content (AvgIpc) is 3.07. The number of benzene rings is 2. The normalized spacial score (nSPS) is 23.9. The minimum absolute atomic E-state index is 0.210. The number of amides is 1. The molecule has 1 spiro atoms. The van der Waals surface area contributed by atoms with Crippen LogP contribution in [0.2, 0.25) is 0 Å². The maximum Gasteiger partial charge on any atom is 0.247 e. The van der Waals surface area contributed by atoms with E-state index in [1.54, 1.807) is 11.1 Å². The van der Waals surface area contributed by atoms with Crippen molar-refractivity contribution in [2.24, 2.45) is 0 Å². The fourth-order valence-corrected chi connectivity index (χ4v) is 5.81. The van der Waals surface area contributed by atoms with E-state index in [0.717, 1.165) is 38.0 Å². The quantitative estimate of drug-likeness (QED) is 0.853. The van der Waals surface area contributed by atoms with Gasteiger partial charge >= 0.3 is 0 Å². The van der Waals surface area contributed by atoms with Crippen molar-refractivity contribution < 1.29 is 4.79 Å². The predicted octanol–water partition coefficient (Wildman–Crippen LogP) is 3.59. The molecule has 2 saturated heterocycles. The van der Waals surface area contributed by atoms with Gasteiger partial charge in [-0.15, -0.1) is 0 Å². The Labute approximate surface area is 173 Å². The number of likely N-dealkylation sites (tertiary alicyclic amines) is 1. The number of fused-ring (bicyclic) bond motifs is 1. The molecule has 2 aromatic carbocycles. The summed E-state index contributed by atoms with van der Waals surface area (Å²) in [5, 5.41) is 3.12. The number of para-hydroxylation sites is 1. The Morgan fingerprint density at radius 3 is 2.38 bits per heavy atom. The average molecular weight is 390 g/mol. The van der Waals surface area contributed by atoms with Crippen LogP contribution in [-0.4, -0.2) is 42.1 Å². The third-order valence-corrected chi connectivity index (χ3v) is 7.61. The largest absolute Gasteiger partial charge is 0.339 e. The molecule has 5 rings (SSSR count). The van der Waals surface area contributed by atoms with Crippen molar-refractivity contribution in [3.8, 4) is 0 Å². The summed E-state index contributed by atoms with van der Waals surface area (Å²) in [6.45, 7) is 7.13. The molecule has 4 nitrogen and oxygen atoms in total. The number of carbonyl (C=O) groups is 1. The fraction of sp³-hybridized carbons (Fsp3) is 0.480. The summed E-state index contributed by atoms with van der Waals surface area (Å²) >= 11 is 0. The third-order valence-electron chi connectivity index (χ3n) is 7.61. The summed E-state index contributed by atoms with van der Waals surface area (Å²) in [5.41, 5.74) is 6.82. The number of nitrogens with zero attached hydrogens (tertiary/aromatic N) is 2. The maximum atomic E-state index is 12.9. The van der Waals surface area contributed by atoms with Gasteiger partial charge in [0.25, 0.3) is 0 Å². The summed E-state index contributed by atoms with van der Waals surface area (Å²) in [6.07, 6.45) is 5.39. The zero-order chi connectivity index (χ0) is 20.0. The Morgan fingerprint density at radius 1 is 0.966 bits per heavy atom. The van der Waals surface area contributed by atoms with Crippen LogP contribution in [0.5, 0.6) is 0 Å². The van der Waals surface area contributed by atoms with Crippen molar-refractivity contribution >= 4 is 11.6 Å². The van der Waals surface area contributed by atoms with E-state index in [1.807, 2.05) is 6.07 Å². The second-order valence-electron chi connectivity index (χ2n) is 9.05. The number of nitrogens with one attached hydrogen (secondary N) is 1. The van der Waals surface area contributed by atoms with Crippen LogP contribution in [0.3, 0.4) is 0 Å². The van der Waals surface area contributed by atoms with Crippen molar-refractivity contribution in [3.05, 3.63) is 64.7 Å². The van der Waals surface area contributed by atoms with Crippen LogP contribution in [0.15, 0.2) is 42.5 Å². The molecule has 1 atom stereocenters. The molecule has 0 radical (unpaired) electrons. The lowest BCUT2D eigenvalue weighted by Gasteiger charge is -2.46. The van der Waals surface area contributed by atoms with E-state index in [4.69, 9.17) is 0 Å². The Kier molecular flexibility index (Phi) is 4.62. The highest BCUT2D eigenvalue weighted by Crippen LogP contribution is 2.38. The highest BCUT2D eigenvalue weighted by molar-refractivity contribution is 5.93. The number of carbonyl (C=O) groups excluding carboxylic acids is 1. The van der Waals surface area contributed by atoms with Gasteiger partial charge in [-0.2, -0.15) is 0 Å². The van der Waals surface area contributed by atoms with Crippen LogP contribution >= 0.6 is 0 Å². The molecule has 1 N–H and O–H groups in total. The standard InChI is InChI=1S/C25H31N3O/c1-18-8-9-19(2)23-16-21(10-11-22(18)23)27-14-12-25(13-15-27)24(29)26-17-28(25)20-6-4-3-5-7-20/h3-9,21H,10-17H2,1-2H3,(H,26,29). The zero-order valence-electron chi connectivity index (χ0n) is 17.6. The number of hydrogen-bond acceptors (Lipinski definition) is 3. The van der Waals surface area contributed by atoms with Crippen LogP contribution in [0, 0.1) is 13.8 Å². The first-order valence-corrected chi connectivity index (χ1v) is 11.0. The van der Waals surface area contributed by atoms with Gasteiger partial charge in [-0.25, -0.2) is 0 Å².